The molecule has 0 aliphatic rings. The van der Waals surface area contributed by atoms with Crippen molar-refractivity contribution < 1.29 is 9.59 Å². The van der Waals surface area contributed by atoms with Gasteiger partial charge in [0.05, 0.1) is 6.04 Å². The molecule has 0 aromatic heterocycles. The van der Waals surface area contributed by atoms with Crippen LogP contribution in [0.2, 0.25) is 0 Å². The van der Waals surface area contributed by atoms with Gasteiger partial charge in [-0.3, -0.25) is 9.59 Å². The molecule has 0 spiro atoms. The van der Waals surface area contributed by atoms with Crippen LogP contribution in [0.25, 0.3) is 0 Å². The Bertz CT molecular complexity index is 266. The van der Waals surface area contributed by atoms with Crippen LogP contribution in [0.5, 0.6) is 0 Å². The van der Waals surface area contributed by atoms with Gasteiger partial charge in [0.25, 0.3) is 0 Å². The van der Waals surface area contributed by atoms with Gasteiger partial charge in [0.1, 0.15) is 6.04 Å². The first-order valence-corrected chi connectivity index (χ1v) is 6.12. The molecule has 0 aromatic carbocycles. The van der Waals surface area contributed by atoms with E-state index in [1.54, 1.807) is 7.05 Å². The van der Waals surface area contributed by atoms with Gasteiger partial charge >= 0.3 is 0 Å². The van der Waals surface area contributed by atoms with Crippen molar-refractivity contribution in [2.45, 2.75) is 46.2 Å². The number of rotatable bonds is 6. The Labute approximate surface area is 104 Å². The van der Waals surface area contributed by atoms with Gasteiger partial charge in [-0.25, -0.2) is 0 Å². The van der Waals surface area contributed by atoms with Crippen molar-refractivity contribution in [3.05, 3.63) is 0 Å². The fraction of sp³-hybridized carbons (Fsp3) is 0.833. The number of hydrogen-bond acceptors (Lipinski definition) is 3. The minimum atomic E-state index is -0.578. The second-order valence-electron chi connectivity index (χ2n) is 4.76. The predicted octanol–water partition coefficient (Wildman–Crippen LogP) is 0.247. The molecule has 5 heteroatoms. The topological polar surface area (TPSA) is 84.2 Å². The number of carbonyl (C=O) groups is 2. The molecule has 0 aromatic rings. The zero-order valence-corrected chi connectivity index (χ0v) is 11.4. The molecule has 0 heterocycles. The normalized spacial score (nSPS) is 16.2. The quantitative estimate of drug-likeness (QED) is 0.625. The van der Waals surface area contributed by atoms with Crippen molar-refractivity contribution in [2.75, 3.05) is 7.05 Å². The molecular formula is C12H25N3O2. The molecule has 3 atom stereocenters. The maximum absolute atomic E-state index is 11.8. The fourth-order valence-corrected chi connectivity index (χ4v) is 1.41. The summed E-state index contributed by atoms with van der Waals surface area (Å²) in [5.74, 6) is -0.312. The molecule has 0 saturated carbocycles. The van der Waals surface area contributed by atoms with Crippen molar-refractivity contribution in [2.24, 2.45) is 17.6 Å². The third-order valence-corrected chi connectivity index (χ3v) is 3.06. The molecule has 0 bridgehead atoms. The SMILES string of the molecule is CCC(C)C(NC(=O)C(N)C(C)C)C(=O)NC. The zero-order chi connectivity index (χ0) is 13.6. The molecule has 0 radical (unpaired) electrons. The van der Waals surface area contributed by atoms with E-state index in [0.717, 1.165) is 6.42 Å². The van der Waals surface area contributed by atoms with Gasteiger partial charge in [0.2, 0.25) is 11.8 Å². The van der Waals surface area contributed by atoms with E-state index in [0.29, 0.717) is 0 Å². The standard InChI is InChI=1S/C12H25N3O2/c1-6-8(4)10(12(17)14-5)15-11(16)9(13)7(2)3/h7-10H,6,13H2,1-5H3,(H,14,17)(H,15,16). The average molecular weight is 243 g/mol. The summed E-state index contributed by atoms with van der Waals surface area (Å²) in [5, 5.41) is 5.28. The lowest BCUT2D eigenvalue weighted by Crippen LogP contribution is -2.54. The lowest BCUT2D eigenvalue weighted by molar-refractivity contribution is -0.131. The number of carbonyl (C=O) groups excluding carboxylic acids is 2. The lowest BCUT2D eigenvalue weighted by Gasteiger charge is -2.25. The largest absolute Gasteiger partial charge is 0.357 e. The van der Waals surface area contributed by atoms with Crippen LogP contribution in [0.3, 0.4) is 0 Å². The molecule has 0 fully saturated rings. The van der Waals surface area contributed by atoms with Crippen LogP contribution in [0, 0.1) is 11.8 Å². The molecule has 0 aliphatic carbocycles. The minimum Gasteiger partial charge on any atom is -0.357 e. The molecule has 0 aliphatic heterocycles. The van der Waals surface area contributed by atoms with Gasteiger partial charge in [0.15, 0.2) is 0 Å². The van der Waals surface area contributed by atoms with E-state index in [-0.39, 0.29) is 23.7 Å². The maximum Gasteiger partial charge on any atom is 0.242 e. The number of amides is 2. The summed E-state index contributed by atoms with van der Waals surface area (Å²) in [6, 6.07) is -1.09. The highest BCUT2D eigenvalue weighted by Gasteiger charge is 2.27. The lowest BCUT2D eigenvalue weighted by atomic mass is 9.97. The first-order valence-electron chi connectivity index (χ1n) is 6.12. The molecule has 100 valence electrons. The molecule has 2 amide bonds. The van der Waals surface area contributed by atoms with Crippen LogP contribution in [-0.2, 0) is 9.59 Å². The van der Waals surface area contributed by atoms with E-state index >= 15 is 0 Å². The van der Waals surface area contributed by atoms with Gasteiger partial charge in [-0.15, -0.1) is 0 Å². The summed E-state index contributed by atoms with van der Waals surface area (Å²) in [5.41, 5.74) is 5.75. The van der Waals surface area contributed by atoms with E-state index in [4.69, 9.17) is 5.73 Å². The smallest absolute Gasteiger partial charge is 0.242 e. The fourth-order valence-electron chi connectivity index (χ4n) is 1.41. The van der Waals surface area contributed by atoms with Crippen molar-refractivity contribution in [3.8, 4) is 0 Å². The van der Waals surface area contributed by atoms with Gasteiger partial charge in [-0.2, -0.15) is 0 Å². The van der Waals surface area contributed by atoms with Crippen molar-refractivity contribution in [1.29, 1.82) is 0 Å². The molecule has 17 heavy (non-hydrogen) atoms. The highest BCUT2D eigenvalue weighted by atomic mass is 16.2. The molecule has 4 N–H and O–H groups in total. The predicted molar refractivity (Wildman–Crippen MR) is 68.3 cm³/mol. The van der Waals surface area contributed by atoms with Crippen molar-refractivity contribution in [1.82, 2.24) is 10.6 Å². The van der Waals surface area contributed by atoms with Gasteiger partial charge in [0, 0.05) is 7.05 Å². The second-order valence-corrected chi connectivity index (χ2v) is 4.76. The summed E-state index contributed by atoms with van der Waals surface area (Å²) >= 11 is 0. The molecule has 0 saturated heterocycles. The Morgan fingerprint density at radius 3 is 2.06 bits per heavy atom. The van der Waals surface area contributed by atoms with Crippen molar-refractivity contribution >= 4 is 11.8 Å². The van der Waals surface area contributed by atoms with Crippen LogP contribution in [0.4, 0.5) is 0 Å². The van der Waals surface area contributed by atoms with E-state index in [1.165, 1.54) is 0 Å². The highest BCUT2D eigenvalue weighted by molar-refractivity contribution is 5.89. The number of hydrogen-bond donors (Lipinski definition) is 3. The van der Waals surface area contributed by atoms with E-state index in [2.05, 4.69) is 10.6 Å². The van der Waals surface area contributed by atoms with E-state index in [1.807, 2.05) is 27.7 Å². The second kappa shape index (κ2) is 7.27. The third-order valence-electron chi connectivity index (χ3n) is 3.06. The van der Waals surface area contributed by atoms with Crippen LogP contribution < -0.4 is 16.4 Å². The number of likely N-dealkylation sites (N-methyl/N-ethyl adjacent to an activating group) is 1. The first-order chi connectivity index (χ1) is 7.84. The van der Waals surface area contributed by atoms with Crippen LogP contribution in [-0.4, -0.2) is 30.9 Å². The Kier molecular flexibility index (Phi) is 6.80. The molecule has 5 nitrogen and oxygen atoms in total. The third kappa shape index (κ3) is 4.73. The van der Waals surface area contributed by atoms with Crippen molar-refractivity contribution in [3.63, 3.8) is 0 Å². The minimum absolute atomic E-state index is 0.0530. The van der Waals surface area contributed by atoms with E-state index < -0.39 is 12.1 Å². The molecular weight excluding hydrogens is 218 g/mol. The summed E-state index contributed by atoms with van der Waals surface area (Å²) in [6.45, 7) is 7.67. The molecule has 0 rings (SSSR count). The number of nitrogens with one attached hydrogen (secondary N) is 2. The Balaban J connectivity index is 4.64. The van der Waals surface area contributed by atoms with Crippen LogP contribution in [0.15, 0.2) is 0 Å². The summed E-state index contributed by atoms with van der Waals surface area (Å²) in [7, 11) is 1.56. The van der Waals surface area contributed by atoms with Gasteiger partial charge in [-0.1, -0.05) is 34.1 Å². The van der Waals surface area contributed by atoms with Gasteiger partial charge in [-0.05, 0) is 11.8 Å². The zero-order valence-electron chi connectivity index (χ0n) is 11.4. The summed E-state index contributed by atoms with van der Waals surface area (Å²) in [6.07, 6.45) is 0.815. The van der Waals surface area contributed by atoms with Crippen LogP contribution in [0.1, 0.15) is 34.1 Å². The van der Waals surface area contributed by atoms with Gasteiger partial charge < -0.3 is 16.4 Å². The Hall–Kier alpha value is -1.10. The number of nitrogens with two attached hydrogens (primary N) is 1. The summed E-state index contributed by atoms with van der Waals surface area (Å²) in [4.78, 5) is 23.5. The summed E-state index contributed by atoms with van der Waals surface area (Å²) < 4.78 is 0. The highest BCUT2D eigenvalue weighted by Crippen LogP contribution is 2.09. The first kappa shape index (κ1) is 15.9. The van der Waals surface area contributed by atoms with E-state index in [9.17, 15) is 9.59 Å². The van der Waals surface area contributed by atoms with Crippen LogP contribution >= 0.6 is 0 Å². The Morgan fingerprint density at radius 2 is 1.71 bits per heavy atom. The maximum atomic E-state index is 11.8. The molecule has 3 unspecified atom stereocenters. The average Bonchev–Trinajstić information content (AvgIpc) is 2.32. The Morgan fingerprint density at radius 1 is 1.18 bits per heavy atom. The monoisotopic (exact) mass is 243 g/mol.